The van der Waals surface area contributed by atoms with E-state index in [1.165, 1.54) is 5.56 Å². The third kappa shape index (κ3) is 4.30. The SMILES string of the molecule is O=c1ccn(C2CCN(Cc3ccccc3)CC2)nc1C1CC=NN1c1ccccc1. The minimum Gasteiger partial charge on any atom is -0.299 e. The molecule has 1 atom stereocenters. The van der Waals surface area contributed by atoms with Crippen molar-refractivity contribution in [3.05, 3.63) is 94.4 Å². The largest absolute Gasteiger partial charge is 0.299 e. The maximum Gasteiger partial charge on any atom is 0.205 e. The molecule has 31 heavy (non-hydrogen) atoms. The summed E-state index contributed by atoms with van der Waals surface area (Å²) in [5.41, 5.74) is 2.89. The molecule has 0 spiro atoms. The first-order chi connectivity index (χ1) is 15.3. The summed E-state index contributed by atoms with van der Waals surface area (Å²) in [5.74, 6) is 0. The van der Waals surface area contributed by atoms with Crippen molar-refractivity contribution in [2.45, 2.75) is 37.9 Å². The van der Waals surface area contributed by atoms with Gasteiger partial charge in [-0.1, -0.05) is 48.5 Å². The lowest BCUT2D eigenvalue weighted by Crippen LogP contribution is -2.36. The van der Waals surface area contributed by atoms with Crippen molar-refractivity contribution in [2.24, 2.45) is 5.10 Å². The number of likely N-dealkylation sites (tertiary alicyclic amines) is 1. The second-order valence-corrected chi connectivity index (χ2v) is 8.27. The maximum atomic E-state index is 12.7. The summed E-state index contributed by atoms with van der Waals surface area (Å²) in [4.78, 5) is 15.2. The van der Waals surface area contributed by atoms with E-state index in [4.69, 9.17) is 5.10 Å². The van der Waals surface area contributed by atoms with Gasteiger partial charge in [0.05, 0.1) is 11.7 Å². The van der Waals surface area contributed by atoms with E-state index in [2.05, 4.69) is 40.3 Å². The molecule has 2 aliphatic rings. The molecule has 5 rings (SSSR count). The first kappa shape index (κ1) is 19.7. The van der Waals surface area contributed by atoms with Gasteiger partial charge >= 0.3 is 0 Å². The van der Waals surface area contributed by atoms with Crippen molar-refractivity contribution >= 4 is 11.9 Å². The molecule has 0 radical (unpaired) electrons. The van der Waals surface area contributed by atoms with E-state index in [-0.39, 0.29) is 11.5 Å². The number of hydrazone groups is 1. The Morgan fingerprint density at radius 1 is 0.903 bits per heavy atom. The van der Waals surface area contributed by atoms with Crippen LogP contribution in [0.1, 0.15) is 42.6 Å². The molecule has 1 saturated heterocycles. The average Bonchev–Trinajstić information content (AvgIpc) is 3.31. The van der Waals surface area contributed by atoms with E-state index < -0.39 is 0 Å². The first-order valence-electron chi connectivity index (χ1n) is 11.0. The minimum absolute atomic E-state index is 0.0193. The molecule has 1 unspecified atom stereocenters. The lowest BCUT2D eigenvalue weighted by Gasteiger charge is -2.33. The molecule has 158 valence electrons. The van der Waals surface area contributed by atoms with E-state index in [9.17, 15) is 4.79 Å². The summed E-state index contributed by atoms with van der Waals surface area (Å²) >= 11 is 0. The Morgan fingerprint density at radius 2 is 1.61 bits per heavy atom. The Morgan fingerprint density at radius 3 is 2.35 bits per heavy atom. The third-order valence-corrected chi connectivity index (χ3v) is 6.20. The number of benzene rings is 2. The van der Waals surface area contributed by atoms with E-state index in [0.29, 0.717) is 18.2 Å². The molecule has 1 fully saturated rings. The quantitative estimate of drug-likeness (QED) is 0.634. The molecule has 0 amide bonds. The number of rotatable bonds is 5. The van der Waals surface area contributed by atoms with Crippen molar-refractivity contribution in [3.63, 3.8) is 0 Å². The lowest BCUT2D eigenvalue weighted by atomic mass is 10.0. The van der Waals surface area contributed by atoms with Crippen LogP contribution < -0.4 is 10.4 Å². The summed E-state index contributed by atoms with van der Waals surface area (Å²) in [6.07, 6.45) is 6.48. The molecule has 0 N–H and O–H groups in total. The zero-order valence-corrected chi connectivity index (χ0v) is 17.5. The maximum absolute atomic E-state index is 12.7. The van der Waals surface area contributed by atoms with Crippen LogP contribution >= 0.6 is 0 Å². The van der Waals surface area contributed by atoms with Gasteiger partial charge in [-0.3, -0.25) is 19.4 Å². The van der Waals surface area contributed by atoms with Gasteiger partial charge in [-0.05, 0) is 30.5 Å². The van der Waals surface area contributed by atoms with E-state index in [0.717, 1.165) is 38.2 Å². The highest BCUT2D eigenvalue weighted by atomic mass is 16.1. The average molecular weight is 414 g/mol. The summed E-state index contributed by atoms with van der Waals surface area (Å²) in [6, 6.07) is 22.4. The summed E-state index contributed by atoms with van der Waals surface area (Å²) in [7, 11) is 0. The molecule has 6 heteroatoms. The first-order valence-corrected chi connectivity index (χ1v) is 11.0. The number of hydrogen-bond acceptors (Lipinski definition) is 5. The van der Waals surface area contributed by atoms with Gasteiger partial charge in [0.2, 0.25) is 5.43 Å². The zero-order valence-electron chi connectivity index (χ0n) is 17.5. The molecule has 0 saturated carbocycles. The predicted octanol–water partition coefficient (Wildman–Crippen LogP) is 4.02. The summed E-state index contributed by atoms with van der Waals surface area (Å²) < 4.78 is 2.01. The number of para-hydroxylation sites is 1. The van der Waals surface area contributed by atoms with Crippen LogP contribution in [0.5, 0.6) is 0 Å². The fourth-order valence-electron chi connectivity index (χ4n) is 4.52. The van der Waals surface area contributed by atoms with Gasteiger partial charge in [-0.15, -0.1) is 0 Å². The van der Waals surface area contributed by atoms with Crippen LogP contribution in [0.3, 0.4) is 0 Å². The third-order valence-electron chi connectivity index (χ3n) is 6.20. The Labute approximate surface area is 182 Å². The van der Waals surface area contributed by atoms with Crippen LogP contribution in [-0.2, 0) is 6.54 Å². The van der Waals surface area contributed by atoms with Gasteiger partial charge in [0.1, 0.15) is 11.7 Å². The van der Waals surface area contributed by atoms with Crippen LogP contribution in [0.15, 0.2) is 82.8 Å². The molecular formula is C25H27N5O. The van der Waals surface area contributed by atoms with Crippen molar-refractivity contribution in [2.75, 3.05) is 18.1 Å². The molecule has 6 nitrogen and oxygen atoms in total. The molecular weight excluding hydrogens is 386 g/mol. The summed E-state index contributed by atoms with van der Waals surface area (Å²) in [6.45, 7) is 3.05. The number of hydrogen-bond donors (Lipinski definition) is 0. The molecule has 2 aliphatic heterocycles. The summed E-state index contributed by atoms with van der Waals surface area (Å²) in [5, 5.41) is 11.3. The molecule has 3 aromatic rings. The molecule has 1 aromatic heterocycles. The van der Waals surface area contributed by atoms with E-state index >= 15 is 0 Å². The molecule has 3 heterocycles. The second-order valence-electron chi connectivity index (χ2n) is 8.27. The molecule has 0 bridgehead atoms. The van der Waals surface area contributed by atoms with E-state index in [1.807, 2.05) is 52.4 Å². The monoisotopic (exact) mass is 413 g/mol. The highest BCUT2D eigenvalue weighted by Crippen LogP contribution is 2.31. The fraction of sp³-hybridized carbons (Fsp3) is 0.320. The molecule has 2 aromatic carbocycles. The Balaban J connectivity index is 1.30. The van der Waals surface area contributed by atoms with Gasteiger partial charge in [-0.2, -0.15) is 10.2 Å². The van der Waals surface area contributed by atoms with Gasteiger partial charge in [-0.25, -0.2) is 0 Å². The second kappa shape index (κ2) is 8.86. The molecule has 0 aliphatic carbocycles. The van der Waals surface area contributed by atoms with Gasteiger partial charge in [0, 0.05) is 44.5 Å². The number of piperidine rings is 1. The van der Waals surface area contributed by atoms with Crippen LogP contribution in [0.4, 0.5) is 5.69 Å². The van der Waals surface area contributed by atoms with Crippen LogP contribution in [0, 0.1) is 0 Å². The van der Waals surface area contributed by atoms with Crippen LogP contribution in [-0.4, -0.2) is 34.0 Å². The Kier molecular flexibility index (Phi) is 5.63. The Bertz CT molecular complexity index is 1090. The number of aromatic nitrogens is 2. The number of nitrogens with zero attached hydrogens (tertiary/aromatic N) is 5. The van der Waals surface area contributed by atoms with Gasteiger partial charge in [0.15, 0.2) is 0 Å². The Hall–Kier alpha value is -3.25. The standard InChI is InChI=1S/C25H27N5O/c31-24-14-18-29(21-12-16-28(17-13-21)19-20-7-3-1-4-8-20)27-25(24)23-11-15-26-30(23)22-9-5-2-6-10-22/h1-10,14-15,18,21,23H,11-13,16-17,19H2. The van der Waals surface area contributed by atoms with Gasteiger partial charge < -0.3 is 0 Å². The highest BCUT2D eigenvalue weighted by Gasteiger charge is 2.29. The van der Waals surface area contributed by atoms with Crippen molar-refractivity contribution in [1.82, 2.24) is 14.7 Å². The normalized spacial score (nSPS) is 19.7. The zero-order chi connectivity index (χ0) is 21.0. The number of anilines is 1. The highest BCUT2D eigenvalue weighted by molar-refractivity contribution is 5.67. The van der Waals surface area contributed by atoms with Crippen LogP contribution in [0.2, 0.25) is 0 Å². The smallest absolute Gasteiger partial charge is 0.205 e. The van der Waals surface area contributed by atoms with E-state index in [1.54, 1.807) is 6.07 Å². The fourth-order valence-corrected chi connectivity index (χ4v) is 4.52. The van der Waals surface area contributed by atoms with Gasteiger partial charge in [0.25, 0.3) is 0 Å². The predicted molar refractivity (Wildman–Crippen MR) is 123 cm³/mol. The minimum atomic E-state index is -0.152. The van der Waals surface area contributed by atoms with Crippen molar-refractivity contribution in [1.29, 1.82) is 0 Å². The van der Waals surface area contributed by atoms with Crippen molar-refractivity contribution < 1.29 is 0 Å². The lowest BCUT2D eigenvalue weighted by molar-refractivity contribution is 0.171. The topological polar surface area (TPSA) is 53.7 Å². The van der Waals surface area contributed by atoms with Crippen molar-refractivity contribution in [3.8, 4) is 0 Å². The van der Waals surface area contributed by atoms with Crippen LogP contribution in [0.25, 0.3) is 0 Å².